The van der Waals surface area contributed by atoms with Gasteiger partial charge in [0.2, 0.25) is 5.91 Å². The Bertz CT molecular complexity index is 521. The Hall–Kier alpha value is -1.39. The summed E-state index contributed by atoms with van der Waals surface area (Å²) in [6, 6.07) is 8.16. The van der Waals surface area contributed by atoms with Crippen molar-refractivity contribution in [3.8, 4) is 0 Å². The summed E-state index contributed by atoms with van der Waals surface area (Å²) in [4.78, 5) is 13.7. The van der Waals surface area contributed by atoms with Crippen LogP contribution in [-0.4, -0.2) is 26.5 Å². The number of nitrogens with one attached hydrogen (secondary N) is 1. The smallest absolute Gasteiger partial charge is 0.228 e. The topological polar surface area (TPSA) is 32.3 Å². The van der Waals surface area contributed by atoms with E-state index in [1.165, 1.54) is 4.70 Å². The van der Waals surface area contributed by atoms with E-state index >= 15 is 0 Å². The van der Waals surface area contributed by atoms with Crippen LogP contribution in [0.3, 0.4) is 0 Å². The van der Waals surface area contributed by atoms with Crippen molar-refractivity contribution in [3.63, 3.8) is 0 Å². The lowest BCUT2D eigenvalue weighted by Gasteiger charge is -2.16. The number of benzene rings is 1. The van der Waals surface area contributed by atoms with Crippen molar-refractivity contribution in [2.75, 3.05) is 25.5 Å². The monoisotopic (exact) mass is 248 g/mol. The molecule has 0 radical (unpaired) electrons. The number of hydrogen-bond acceptors (Lipinski definition) is 3. The van der Waals surface area contributed by atoms with E-state index in [0.717, 1.165) is 11.1 Å². The van der Waals surface area contributed by atoms with Gasteiger partial charge in [-0.3, -0.25) is 4.79 Å². The molecule has 0 aliphatic rings. The highest BCUT2D eigenvalue weighted by atomic mass is 32.1. The van der Waals surface area contributed by atoms with Gasteiger partial charge in [-0.2, -0.15) is 0 Å². The molecule has 0 saturated carbocycles. The van der Waals surface area contributed by atoms with Crippen LogP contribution in [0.1, 0.15) is 6.42 Å². The molecule has 1 aromatic carbocycles. The summed E-state index contributed by atoms with van der Waals surface area (Å²) < 4.78 is 1.22. The minimum Gasteiger partial charge on any atom is -0.319 e. The molecule has 1 amide bonds. The second-order valence-corrected chi connectivity index (χ2v) is 4.83. The number of amides is 1. The lowest BCUT2D eigenvalue weighted by Crippen LogP contribution is -2.28. The largest absolute Gasteiger partial charge is 0.319 e. The zero-order valence-corrected chi connectivity index (χ0v) is 10.9. The van der Waals surface area contributed by atoms with Crippen LogP contribution in [0, 0.1) is 0 Å². The van der Waals surface area contributed by atoms with Gasteiger partial charge in [-0.15, -0.1) is 11.3 Å². The standard InChI is InChI=1S/C13H16N2OS/c1-14-8-7-13(16)15(2)11-9-17-12-6-4-3-5-10(11)12/h3-6,9,14H,7-8H2,1-2H3. The highest BCUT2D eigenvalue weighted by molar-refractivity contribution is 7.17. The Morgan fingerprint density at radius 1 is 1.41 bits per heavy atom. The van der Waals surface area contributed by atoms with E-state index in [4.69, 9.17) is 0 Å². The van der Waals surface area contributed by atoms with Crippen molar-refractivity contribution in [2.24, 2.45) is 0 Å². The quantitative estimate of drug-likeness (QED) is 0.901. The van der Waals surface area contributed by atoms with Crippen molar-refractivity contribution in [3.05, 3.63) is 29.6 Å². The Morgan fingerprint density at radius 2 is 2.18 bits per heavy atom. The number of nitrogens with zero attached hydrogens (tertiary/aromatic N) is 1. The molecule has 0 saturated heterocycles. The van der Waals surface area contributed by atoms with Crippen molar-refractivity contribution in [1.82, 2.24) is 5.32 Å². The van der Waals surface area contributed by atoms with E-state index in [0.29, 0.717) is 13.0 Å². The van der Waals surface area contributed by atoms with E-state index in [1.54, 1.807) is 16.2 Å². The molecule has 3 nitrogen and oxygen atoms in total. The molecule has 4 heteroatoms. The Morgan fingerprint density at radius 3 is 2.94 bits per heavy atom. The predicted molar refractivity (Wildman–Crippen MR) is 73.8 cm³/mol. The summed E-state index contributed by atoms with van der Waals surface area (Å²) in [5.74, 6) is 0.142. The maximum atomic E-state index is 11.9. The third-order valence-electron chi connectivity index (χ3n) is 2.78. The first-order valence-corrected chi connectivity index (χ1v) is 6.49. The van der Waals surface area contributed by atoms with Crippen molar-refractivity contribution in [1.29, 1.82) is 0 Å². The molecule has 17 heavy (non-hydrogen) atoms. The number of hydrogen-bond donors (Lipinski definition) is 1. The summed E-state index contributed by atoms with van der Waals surface area (Å²) in [7, 11) is 3.69. The summed E-state index contributed by atoms with van der Waals surface area (Å²) >= 11 is 1.67. The van der Waals surface area contributed by atoms with Gasteiger partial charge in [0.1, 0.15) is 0 Å². The molecular formula is C13H16N2OS. The predicted octanol–water partition coefficient (Wildman–Crippen LogP) is 2.47. The molecule has 1 heterocycles. The van der Waals surface area contributed by atoms with Crippen LogP contribution in [0.4, 0.5) is 5.69 Å². The Labute approximate surface area is 105 Å². The first-order chi connectivity index (χ1) is 8.24. The highest BCUT2D eigenvalue weighted by Crippen LogP contribution is 2.32. The number of fused-ring (bicyclic) bond motifs is 1. The van der Waals surface area contributed by atoms with Crippen LogP contribution >= 0.6 is 11.3 Å². The van der Waals surface area contributed by atoms with Gasteiger partial charge in [0.05, 0.1) is 5.69 Å². The molecule has 0 atom stereocenters. The normalized spacial score (nSPS) is 10.7. The molecule has 0 bridgehead atoms. The minimum atomic E-state index is 0.142. The highest BCUT2D eigenvalue weighted by Gasteiger charge is 2.13. The number of carbonyl (C=O) groups excluding carboxylic acids is 1. The van der Waals surface area contributed by atoms with Gasteiger partial charge in [0, 0.05) is 35.5 Å². The molecule has 1 aromatic heterocycles. The molecule has 90 valence electrons. The van der Waals surface area contributed by atoms with E-state index < -0.39 is 0 Å². The van der Waals surface area contributed by atoms with Crippen LogP contribution < -0.4 is 10.2 Å². The van der Waals surface area contributed by atoms with Gasteiger partial charge < -0.3 is 10.2 Å². The molecule has 0 aliphatic carbocycles. The fourth-order valence-corrected chi connectivity index (χ4v) is 2.74. The van der Waals surface area contributed by atoms with Gasteiger partial charge in [-0.1, -0.05) is 18.2 Å². The fraction of sp³-hybridized carbons (Fsp3) is 0.308. The van der Waals surface area contributed by atoms with Crippen LogP contribution in [0.15, 0.2) is 29.6 Å². The maximum absolute atomic E-state index is 11.9. The minimum absolute atomic E-state index is 0.142. The van der Waals surface area contributed by atoms with E-state index in [2.05, 4.69) is 17.4 Å². The third-order valence-corrected chi connectivity index (χ3v) is 3.74. The zero-order chi connectivity index (χ0) is 12.3. The van der Waals surface area contributed by atoms with Gasteiger partial charge in [0.25, 0.3) is 0 Å². The van der Waals surface area contributed by atoms with Gasteiger partial charge in [0.15, 0.2) is 0 Å². The van der Waals surface area contributed by atoms with E-state index in [-0.39, 0.29) is 5.91 Å². The molecule has 1 N–H and O–H groups in total. The lowest BCUT2D eigenvalue weighted by molar-refractivity contribution is -0.118. The average Bonchev–Trinajstić information content (AvgIpc) is 2.78. The first kappa shape index (κ1) is 12.1. The van der Waals surface area contributed by atoms with Crippen LogP contribution in [0.5, 0.6) is 0 Å². The Kier molecular flexibility index (Phi) is 3.76. The summed E-state index contributed by atoms with van der Waals surface area (Å²) in [5.41, 5.74) is 1.01. The average molecular weight is 248 g/mol. The number of rotatable bonds is 4. The molecular weight excluding hydrogens is 232 g/mol. The van der Waals surface area contributed by atoms with E-state index in [9.17, 15) is 4.79 Å². The molecule has 0 unspecified atom stereocenters. The van der Waals surface area contributed by atoms with Crippen molar-refractivity contribution < 1.29 is 4.79 Å². The molecule has 0 fully saturated rings. The maximum Gasteiger partial charge on any atom is 0.228 e. The lowest BCUT2D eigenvalue weighted by atomic mass is 10.2. The first-order valence-electron chi connectivity index (χ1n) is 5.61. The summed E-state index contributed by atoms with van der Waals surface area (Å²) in [5, 5.41) is 6.19. The zero-order valence-electron chi connectivity index (χ0n) is 10.1. The third kappa shape index (κ3) is 2.48. The summed E-state index contributed by atoms with van der Waals surface area (Å²) in [6.45, 7) is 0.714. The van der Waals surface area contributed by atoms with Crippen LogP contribution in [0.25, 0.3) is 10.1 Å². The molecule has 0 aliphatic heterocycles. The van der Waals surface area contributed by atoms with Crippen LogP contribution in [0.2, 0.25) is 0 Å². The van der Waals surface area contributed by atoms with Gasteiger partial charge >= 0.3 is 0 Å². The van der Waals surface area contributed by atoms with Gasteiger partial charge in [-0.25, -0.2) is 0 Å². The molecule has 0 spiro atoms. The van der Waals surface area contributed by atoms with Gasteiger partial charge in [-0.05, 0) is 13.1 Å². The number of anilines is 1. The fourth-order valence-electron chi connectivity index (χ4n) is 1.76. The second kappa shape index (κ2) is 5.29. The Balaban J connectivity index is 2.24. The molecule has 2 rings (SSSR count). The van der Waals surface area contributed by atoms with Crippen molar-refractivity contribution in [2.45, 2.75) is 6.42 Å². The van der Waals surface area contributed by atoms with E-state index in [1.807, 2.05) is 31.6 Å². The SMILES string of the molecule is CNCCC(=O)N(C)c1csc2ccccc12. The van der Waals surface area contributed by atoms with Crippen molar-refractivity contribution >= 4 is 33.0 Å². The number of thiophene rings is 1. The summed E-state index contributed by atoms with van der Waals surface area (Å²) in [6.07, 6.45) is 0.525. The molecule has 2 aromatic rings. The van der Waals surface area contributed by atoms with Crippen LogP contribution in [-0.2, 0) is 4.79 Å². The second-order valence-electron chi connectivity index (χ2n) is 3.92. The number of carbonyl (C=O) groups is 1.